The molecule has 3 rings (SSSR count). The monoisotopic (exact) mass is 444 g/mol. The quantitative estimate of drug-likeness (QED) is 0.617. The van der Waals surface area contributed by atoms with Crippen LogP contribution < -0.4 is 10.6 Å². The highest BCUT2D eigenvalue weighted by Gasteiger charge is 2.21. The molecule has 1 fully saturated rings. The number of anilines is 1. The van der Waals surface area contributed by atoms with Crippen molar-refractivity contribution >= 4 is 28.8 Å². The summed E-state index contributed by atoms with van der Waals surface area (Å²) in [7, 11) is 0. The minimum absolute atomic E-state index is 0.0897. The van der Waals surface area contributed by atoms with Gasteiger partial charge in [0.2, 0.25) is 10.9 Å². The fraction of sp³-hybridized carbons (Fsp3) is 0.545. The largest absolute Gasteiger partial charge is 0.353 e. The molecule has 1 aromatic carbocycles. The number of aromatic nitrogens is 2. The van der Waals surface area contributed by atoms with Crippen LogP contribution in [0.4, 0.5) is 5.69 Å². The molecule has 1 aliphatic rings. The van der Waals surface area contributed by atoms with E-state index in [2.05, 4.69) is 44.5 Å². The third-order valence-corrected chi connectivity index (χ3v) is 6.40. The third kappa shape index (κ3) is 7.09. The first-order valence-corrected chi connectivity index (χ1v) is 11.7. The van der Waals surface area contributed by atoms with Crippen molar-refractivity contribution in [1.82, 2.24) is 25.3 Å². The van der Waals surface area contributed by atoms with Crippen molar-refractivity contribution in [2.45, 2.75) is 46.2 Å². The maximum absolute atomic E-state index is 12.5. The first kappa shape index (κ1) is 23.3. The molecule has 0 radical (unpaired) electrons. The van der Waals surface area contributed by atoms with Gasteiger partial charge in [-0.15, -0.1) is 10.2 Å². The summed E-state index contributed by atoms with van der Waals surface area (Å²) in [5, 5.41) is 15.4. The summed E-state index contributed by atoms with van der Waals surface area (Å²) >= 11 is 1.33. The fourth-order valence-corrected chi connectivity index (χ4v) is 4.12. The molecular formula is C22H32N6O2S. The minimum atomic E-state index is -0.231. The first-order valence-electron chi connectivity index (χ1n) is 10.9. The molecule has 1 atom stereocenters. The molecule has 168 valence electrons. The van der Waals surface area contributed by atoms with E-state index in [1.165, 1.54) is 16.9 Å². The summed E-state index contributed by atoms with van der Waals surface area (Å²) in [6.45, 7) is 10.7. The van der Waals surface area contributed by atoms with Crippen LogP contribution in [0.1, 0.15) is 47.6 Å². The molecule has 0 spiro atoms. The zero-order chi connectivity index (χ0) is 22.2. The van der Waals surface area contributed by atoms with E-state index in [0.717, 1.165) is 49.7 Å². The van der Waals surface area contributed by atoms with Gasteiger partial charge in [-0.3, -0.25) is 19.4 Å². The lowest BCUT2D eigenvalue weighted by molar-refractivity contribution is -0.123. The first-order chi connectivity index (χ1) is 15.0. The van der Waals surface area contributed by atoms with Gasteiger partial charge in [-0.05, 0) is 37.5 Å². The molecule has 9 heteroatoms. The Morgan fingerprint density at radius 3 is 2.39 bits per heavy atom. The minimum Gasteiger partial charge on any atom is -0.353 e. The number of benzene rings is 1. The Morgan fingerprint density at radius 2 is 1.74 bits per heavy atom. The second-order valence-corrected chi connectivity index (χ2v) is 9.00. The predicted molar refractivity (Wildman–Crippen MR) is 123 cm³/mol. The highest BCUT2D eigenvalue weighted by Crippen LogP contribution is 2.16. The van der Waals surface area contributed by atoms with Crippen LogP contribution in [0, 0.1) is 0 Å². The maximum Gasteiger partial charge on any atom is 0.286 e. The topological polar surface area (TPSA) is 90.5 Å². The van der Waals surface area contributed by atoms with Crippen LogP contribution >= 0.6 is 11.3 Å². The van der Waals surface area contributed by atoms with E-state index in [4.69, 9.17) is 0 Å². The second-order valence-electron chi connectivity index (χ2n) is 7.93. The number of carbonyl (C=O) groups is 2. The van der Waals surface area contributed by atoms with Crippen LogP contribution in [0.25, 0.3) is 0 Å². The Labute approximate surface area is 188 Å². The van der Waals surface area contributed by atoms with Crippen LogP contribution in [0.2, 0.25) is 0 Å². The van der Waals surface area contributed by atoms with Gasteiger partial charge in [0.1, 0.15) is 5.01 Å². The fourth-order valence-electron chi connectivity index (χ4n) is 3.34. The summed E-state index contributed by atoms with van der Waals surface area (Å²) in [5.74, 6) is -0.142. The zero-order valence-electron chi connectivity index (χ0n) is 18.6. The third-order valence-electron chi connectivity index (χ3n) is 5.49. The van der Waals surface area contributed by atoms with E-state index in [0.29, 0.717) is 18.1 Å². The Kier molecular flexibility index (Phi) is 8.51. The molecule has 2 N–H and O–H groups in total. The molecule has 0 aliphatic carbocycles. The zero-order valence-corrected chi connectivity index (χ0v) is 19.4. The average Bonchev–Trinajstić information content (AvgIpc) is 3.24. The summed E-state index contributed by atoms with van der Waals surface area (Å²) in [4.78, 5) is 29.0. The van der Waals surface area contributed by atoms with Crippen molar-refractivity contribution in [3.63, 3.8) is 0 Å². The molecule has 1 aromatic heterocycles. The van der Waals surface area contributed by atoms with Crippen LogP contribution in [-0.4, -0.2) is 70.6 Å². The van der Waals surface area contributed by atoms with E-state index in [1.54, 1.807) is 0 Å². The van der Waals surface area contributed by atoms with Gasteiger partial charge in [0.15, 0.2) is 0 Å². The van der Waals surface area contributed by atoms with Crippen molar-refractivity contribution in [1.29, 1.82) is 0 Å². The Balaban J connectivity index is 1.43. The van der Waals surface area contributed by atoms with Crippen molar-refractivity contribution < 1.29 is 9.59 Å². The number of aryl methyl sites for hydroxylation is 1. The Morgan fingerprint density at radius 1 is 1.06 bits per heavy atom. The molecular weight excluding hydrogens is 412 g/mol. The van der Waals surface area contributed by atoms with E-state index in [-0.39, 0.29) is 17.9 Å². The van der Waals surface area contributed by atoms with Crippen molar-refractivity contribution in [3.05, 3.63) is 39.8 Å². The molecule has 1 unspecified atom stereocenters. The number of hydrogen-bond donors (Lipinski definition) is 2. The van der Waals surface area contributed by atoms with E-state index < -0.39 is 0 Å². The number of amides is 2. The molecule has 0 bridgehead atoms. The second kappa shape index (κ2) is 11.3. The maximum atomic E-state index is 12.5. The SMILES string of the molecule is CCc1ccc(NC(=O)c2nnc(CN3CCN(CC(=O)NC(C)CC)CC3)s2)cc1. The molecule has 2 aromatic rings. The predicted octanol–water partition coefficient (Wildman–Crippen LogP) is 2.39. The molecule has 31 heavy (non-hydrogen) atoms. The number of hydrogen-bond acceptors (Lipinski definition) is 7. The number of piperazine rings is 1. The van der Waals surface area contributed by atoms with Gasteiger partial charge in [-0.25, -0.2) is 0 Å². The summed E-state index contributed by atoms with van der Waals surface area (Å²) < 4.78 is 0. The molecule has 8 nitrogen and oxygen atoms in total. The number of rotatable bonds is 9. The summed E-state index contributed by atoms with van der Waals surface area (Å²) in [6, 6.07) is 8.04. The van der Waals surface area contributed by atoms with Gasteiger partial charge in [0, 0.05) is 37.9 Å². The number of nitrogens with zero attached hydrogens (tertiary/aromatic N) is 4. The molecule has 1 aliphatic heterocycles. The summed E-state index contributed by atoms with van der Waals surface area (Å²) in [5.41, 5.74) is 1.99. The van der Waals surface area contributed by atoms with Crippen molar-refractivity contribution in [2.24, 2.45) is 0 Å². The molecule has 1 saturated heterocycles. The highest BCUT2D eigenvalue weighted by molar-refractivity contribution is 7.13. The lowest BCUT2D eigenvalue weighted by Crippen LogP contribution is -2.49. The number of nitrogens with one attached hydrogen (secondary N) is 2. The van der Waals surface area contributed by atoms with E-state index in [9.17, 15) is 9.59 Å². The highest BCUT2D eigenvalue weighted by atomic mass is 32.1. The van der Waals surface area contributed by atoms with Crippen molar-refractivity contribution in [3.8, 4) is 0 Å². The molecule has 2 amide bonds. The van der Waals surface area contributed by atoms with Crippen LogP contribution in [0.3, 0.4) is 0 Å². The van der Waals surface area contributed by atoms with Gasteiger partial charge in [-0.2, -0.15) is 0 Å². The molecule has 0 saturated carbocycles. The van der Waals surface area contributed by atoms with Crippen LogP contribution in [-0.2, 0) is 17.8 Å². The van der Waals surface area contributed by atoms with Crippen LogP contribution in [0.15, 0.2) is 24.3 Å². The number of carbonyl (C=O) groups excluding carboxylic acids is 2. The smallest absolute Gasteiger partial charge is 0.286 e. The van der Waals surface area contributed by atoms with Crippen molar-refractivity contribution in [2.75, 3.05) is 38.0 Å². The Bertz CT molecular complexity index is 861. The Hall–Kier alpha value is -2.36. The normalized spacial score (nSPS) is 16.1. The lowest BCUT2D eigenvalue weighted by Gasteiger charge is -2.33. The van der Waals surface area contributed by atoms with E-state index in [1.807, 2.05) is 31.2 Å². The van der Waals surface area contributed by atoms with Gasteiger partial charge < -0.3 is 10.6 Å². The lowest BCUT2D eigenvalue weighted by atomic mass is 10.1. The van der Waals surface area contributed by atoms with Gasteiger partial charge in [0.25, 0.3) is 5.91 Å². The van der Waals surface area contributed by atoms with Gasteiger partial charge >= 0.3 is 0 Å². The molecule has 2 heterocycles. The average molecular weight is 445 g/mol. The van der Waals surface area contributed by atoms with Crippen LogP contribution in [0.5, 0.6) is 0 Å². The van der Waals surface area contributed by atoms with E-state index >= 15 is 0 Å². The standard InChI is InChI=1S/C22H32N6O2S/c1-4-16(3)23-19(29)14-27-10-12-28(13-11-27)15-20-25-26-22(31-20)21(30)24-18-8-6-17(5-2)7-9-18/h6-9,16H,4-5,10-15H2,1-3H3,(H,23,29)(H,24,30). The summed E-state index contributed by atoms with van der Waals surface area (Å²) in [6.07, 6.45) is 1.90. The van der Waals surface area contributed by atoms with Gasteiger partial charge in [0.05, 0.1) is 13.1 Å². The van der Waals surface area contributed by atoms with Gasteiger partial charge in [-0.1, -0.05) is 37.3 Å².